The molecule has 8 nitrogen and oxygen atoms in total. The zero-order chi connectivity index (χ0) is 14.9. The maximum Gasteiger partial charge on any atom is 0.318 e. The fraction of sp³-hybridized carbons (Fsp3) is 0.800. The van der Waals surface area contributed by atoms with Crippen molar-refractivity contribution in [3.05, 3.63) is 0 Å². The lowest BCUT2D eigenvalue weighted by atomic mass is 9.96. The van der Waals surface area contributed by atoms with Crippen LogP contribution in [0.2, 0.25) is 0 Å². The van der Waals surface area contributed by atoms with Crippen molar-refractivity contribution in [2.24, 2.45) is 5.73 Å². The first-order valence-electron chi connectivity index (χ1n) is 6.10. The Balaban J connectivity index is 2.00. The van der Waals surface area contributed by atoms with Crippen molar-refractivity contribution in [1.82, 2.24) is 15.7 Å². The SMILES string of the molecule is NCC(CO)ONC(=O)C1CC(F)(F)C2CN1C(=O)N2. The van der Waals surface area contributed by atoms with Crippen molar-refractivity contribution in [2.45, 2.75) is 30.5 Å². The van der Waals surface area contributed by atoms with Crippen molar-refractivity contribution >= 4 is 11.9 Å². The number of aliphatic hydroxyl groups is 1. The Kier molecular flexibility index (Phi) is 4.06. The lowest BCUT2D eigenvalue weighted by Crippen LogP contribution is -2.56. The average Bonchev–Trinajstić information content (AvgIpc) is 2.75. The van der Waals surface area contributed by atoms with E-state index in [1.165, 1.54) is 0 Å². The molecule has 5 N–H and O–H groups in total. The quantitative estimate of drug-likeness (QED) is 0.444. The predicted octanol–water partition coefficient (Wildman–Crippen LogP) is -1.84. The van der Waals surface area contributed by atoms with E-state index < -0.39 is 49.1 Å². The van der Waals surface area contributed by atoms with Gasteiger partial charge < -0.3 is 21.1 Å². The van der Waals surface area contributed by atoms with Gasteiger partial charge in [-0.15, -0.1) is 0 Å². The number of urea groups is 1. The number of piperidine rings is 1. The third kappa shape index (κ3) is 2.67. The maximum absolute atomic E-state index is 13.7. The van der Waals surface area contributed by atoms with Gasteiger partial charge in [0.2, 0.25) is 0 Å². The van der Waals surface area contributed by atoms with Gasteiger partial charge in [-0.3, -0.25) is 9.63 Å². The second-order valence-electron chi connectivity index (χ2n) is 4.76. The van der Waals surface area contributed by atoms with Gasteiger partial charge in [0.25, 0.3) is 11.8 Å². The summed E-state index contributed by atoms with van der Waals surface area (Å²) in [7, 11) is 0. The highest BCUT2D eigenvalue weighted by Gasteiger charge is 2.56. The Bertz CT molecular complexity index is 405. The first kappa shape index (κ1) is 14.9. The molecule has 0 aromatic heterocycles. The molecule has 114 valence electrons. The minimum atomic E-state index is -3.16. The number of alkyl halides is 2. The molecule has 2 rings (SSSR count). The van der Waals surface area contributed by atoms with Crippen molar-refractivity contribution in [2.75, 3.05) is 19.7 Å². The molecular weight excluding hydrogens is 278 g/mol. The van der Waals surface area contributed by atoms with E-state index in [1.807, 2.05) is 5.48 Å². The van der Waals surface area contributed by atoms with Crippen molar-refractivity contribution in [1.29, 1.82) is 0 Å². The van der Waals surface area contributed by atoms with E-state index in [2.05, 4.69) is 5.32 Å². The van der Waals surface area contributed by atoms with Crippen LogP contribution in [0, 0.1) is 0 Å². The van der Waals surface area contributed by atoms with Gasteiger partial charge >= 0.3 is 6.03 Å². The zero-order valence-corrected chi connectivity index (χ0v) is 10.5. The van der Waals surface area contributed by atoms with Crippen LogP contribution in [0.1, 0.15) is 6.42 Å². The van der Waals surface area contributed by atoms with Crippen LogP contribution in [-0.2, 0) is 9.63 Å². The number of halogens is 2. The predicted molar refractivity (Wildman–Crippen MR) is 61.5 cm³/mol. The topological polar surface area (TPSA) is 117 Å². The zero-order valence-electron chi connectivity index (χ0n) is 10.5. The molecule has 0 spiro atoms. The Labute approximate surface area is 113 Å². The van der Waals surface area contributed by atoms with Crippen LogP contribution in [0.4, 0.5) is 13.6 Å². The van der Waals surface area contributed by atoms with Gasteiger partial charge in [-0.25, -0.2) is 19.1 Å². The molecule has 2 aliphatic rings. The second kappa shape index (κ2) is 5.46. The van der Waals surface area contributed by atoms with Crippen LogP contribution in [-0.4, -0.2) is 65.8 Å². The van der Waals surface area contributed by atoms with Gasteiger partial charge in [0.05, 0.1) is 6.61 Å². The first-order valence-corrected chi connectivity index (χ1v) is 6.10. The number of hydrogen-bond acceptors (Lipinski definition) is 5. The molecular formula is C10H16F2N4O4. The molecule has 2 heterocycles. The van der Waals surface area contributed by atoms with Gasteiger partial charge in [0.15, 0.2) is 0 Å². The smallest absolute Gasteiger partial charge is 0.318 e. The van der Waals surface area contributed by atoms with Gasteiger partial charge in [-0.05, 0) is 0 Å². The van der Waals surface area contributed by atoms with Crippen molar-refractivity contribution < 1.29 is 28.3 Å². The molecule has 0 aromatic carbocycles. The van der Waals surface area contributed by atoms with Crippen LogP contribution in [0.5, 0.6) is 0 Å². The second-order valence-corrected chi connectivity index (χ2v) is 4.76. The summed E-state index contributed by atoms with van der Waals surface area (Å²) in [5.41, 5.74) is 7.20. The van der Waals surface area contributed by atoms with E-state index in [0.717, 1.165) is 4.90 Å². The molecule has 0 saturated carbocycles. The third-order valence-electron chi connectivity index (χ3n) is 3.38. The Morgan fingerprint density at radius 1 is 1.70 bits per heavy atom. The highest BCUT2D eigenvalue weighted by atomic mass is 19.3. The van der Waals surface area contributed by atoms with E-state index in [1.54, 1.807) is 0 Å². The summed E-state index contributed by atoms with van der Waals surface area (Å²) in [5.74, 6) is -4.03. The molecule has 3 atom stereocenters. The van der Waals surface area contributed by atoms with Crippen LogP contribution in [0.3, 0.4) is 0 Å². The summed E-state index contributed by atoms with van der Waals surface area (Å²) < 4.78 is 27.4. The number of amides is 3. The van der Waals surface area contributed by atoms with E-state index in [9.17, 15) is 18.4 Å². The normalized spacial score (nSPS) is 29.0. The summed E-state index contributed by atoms with van der Waals surface area (Å²) >= 11 is 0. The van der Waals surface area contributed by atoms with Gasteiger partial charge in [-0.2, -0.15) is 0 Å². The molecule has 10 heteroatoms. The lowest BCUT2D eigenvalue weighted by molar-refractivity contribution is -0.151. The number of fused-ring (bicyclic) bond motifs is 2. The molecule has 0 aromatic rings. The molecule has 0 radical (unpaired) electrons. The molecule has 20 heavy (non-hydrogen) atoms. The number of rotatable bonds is 5. The first-order chi connectivity index (χ1) is 9.39. The van der Waals surface area contributed by atoms with E-state index in [-0.39, 0.29) is 13.1 Å². The number of carbonyl (C=O) groups is 2. The average molecular weight is 294 g/mol. The number of hydrogen-bond donors (Lipinski definition) is 4. The number of nitrogens with zero attached hydrogens (tertiary/aromatic N) is 1. The number of nitrogens with two attached hydrogens (primary N) is 1. The minimum Gasteiger partial charge on any atom is -0.394 e. The van der Waals surface area contributed by atoms with Crippen LogP contribution < -0.4 is 16.5 Å². The summed E-state index contributed by atoms with van der Waals surface area (Å²) in [5, 5.41) is 11.0. The Hall–Kier alpha value is -1.52. The third-order valence-corrected chi connectivity index (χ3v) is 3.38. The highest BCUT2D eigenvalue weighted by molar-refractivity contribution is 5.88. The molecule has 2 aliphatic heterocycles. The van der Waals surface area contributed by atoms with Crippen molar-refractivity contribution in [3.63, 3.8) is 0 Å². The van der Waals surface area contributed by atoms with Gasteiger partial charge in [0, 0.05) is 19.5 Å². The van der Waals surface area contributed by atoms with Crippen LogP contribution in [0.15, 0.2) is 0 Å². The largest absolute Gasteiger partial charge is 0.394 e. The van der Waals surface area contributed by atoms with E-state index in [4.69, 9.17) is 15.7 Å². The van der Waals surface area contributed by atoms with Crippen LogP contribution >= 0.6 is 0 Å². The molecule has 2 bridgehead atoms. The van der Waals surface area contributed by atoms with E-state index in [0.29, 0.717) is 0 Å². The lowest BCUT2D eigenvalue weighted by Gasteiger charge is -2.34. The maximum atomic E-state index is 13.7. The number of aliphatic hydroxyl groups excluding tert-OH is 1. The molecule has 3 amide bonds. The Morgan fingerprint density at radius 2 is 2.40 bits per heavy atom. The van der Waals surface area contributed by atoms with Crippen LogP contribution in [0.25, 0.3) is 0 Å². The van der Waals surface area contributed by atoms with Crippen molar-refractivity contribution in [3.8, 4) is 0 Å². The number of hydroxylamine groups is 1. The monoisotopic (exact) mass is 294 g/mol. The summed E-state index contributed by atoms with van der Waals surface area (Å²) in [6.45, 7) is -0.710. The fourth-order valence-electron chi connectivity index (χ4n) is 2.18. The number of carbonyl (C=O) groups excluding carboxylic acids is 2. The fourth-order valence-corrected chi connectivity index (χ4v) is 2.18. The molecule has 3 unspecified atom stereocenters. The minimum absolute atomic E-state index is 0.0517. The summed E-state index contributed by atoms with van der Waals surface area (Å²) in [4.78, 5) is 29.2. The highest BCUT2D eigenvalue weighted by Crippen LogP contribution is 2.35. The summed E-state index contributed by atoms with van der Waals surface area (Å²) in [6, 6.07) is -3.29. The standard InChI is InChI=1S/C10H16F2N4O4/c11-10(12)1-6(16-3-7(10)14-9(16)19)8(18)15-20-5(2-13)4-17/h5-7,17H,1-4,13H2,(H,14,19)(H,15,18). The van der Waals surface area contributed by atoms with Gasteiger partial charge in [-0.1, -0.05) is 0 Å². The molecule has 2 saturated heterocycles. The Morgan fingerprint density at radius 3 is 3.00 bits per heavy atom. The number of nitrogens with one attached hydrogen (secondary N) is 2. The van der Waals surface area contributed by atoms with Gasteiger partial charge in [0.1, 0.15) is 18.2 Å². The van der Waals surface area contributed by atoms with E-state index >= 15 is 0 Å². The molecule has 2 fully saturated rings. The summed E-state index contributed by atoms with van der Waals surface area (Å²) in [6.07, 6.45) is -1.61. The molecule has 0 aliphatic carbocycles.